The number of aromatic nitrogens is 8. The SMILES string of the molecule is CC(C)[C@@H](C(=O)N1C[C@H](O)C[C@H]1C(=O)CCc1ccc(-c2cn[nH]n2)cc1)N1Cc2ccccc2C1=O.CC(C)[C@@H](C(=O)N1C[C@H](O)C[C@H]1C(=O)CCc1ccc(-c2cncn2C)cc1)N1Cc2ccccc2C1=O.CC(C)[C@@H](C(=O)N1C[C@H](O)C[C@H]1C(=O)CCc1ccc(-c2ncon2)cc1)N1Cc2ccccc2C1=O.CC[C@H](C)[C@H](NC(C)c1ccccc1)C(=O)N1C[C@H](O)C[C@H]1C(=O)CCc1ccc(-c2scnc2C)cc1. The normalized spacial score (nSPS) is 19.9. The van der Waals surface area contributed by atoms with Crippen LogP contribution in [0.3, 0.4) is 0 Å². The summed E-state index contributed by atoms with van der Waals surface area (Å²) in [6.45, 7) is 21.2. The number of amides is 7. The van der Waals surface area contributed by atoms with Crippen molar-refractivity contribution in [1.29, 1.82) is 0 Å². The Morgan fingerprint density at radius 1 is 0.447 bits per heavy atom. The molecule has 7 aliphatic rings. The van der Waals surface area contributed by atoms with Gasteiger partial charge in [0.25, 0.3) is 17.7 Å². The van der Waals surface area contributed by atoms with Gasteiger partial charge in [0.2, 0.25) is 35.8 Å². The van der Waals surface area contributed by atoms with E-state index in [2.05, 4.69) is 85.9 Å². The van der Waals surface area contributed by atoms with Gasteiger partial charge in [-0.2, -0.15) is 20.4 Å². The van der Waals surface area contributed by atoms with Gasteiger partial charge in [0.05, 0.1) is 95.1 Å². The second kappa shape index (κ2) is 49.0. The molecule has 7 aliphatic heterocycles. The van der Waals surface area contributed by atoms with Crippen LogP contribution in [0.25, 0.3) is 44.3 Å². The number of hydrogen-bond donors (Lipinski definition) is 6. The number of aryl methyl sites for hydroxylation is 6. The molecule has 6 N–H and O–H groups in total. The number of Topliss-reactive ketones (excluding diaryl/α,β-unsaturated/α-hetero) is 4. The van der Waals surface area contributed by atoms with Crippen LogP contribution in [0.1, 0.15) is 207 Å². The number of carbonyl (C=O) groups excluding carboxylic acids is 11. The molecule has 0 saturated carbocycles. The highest BCUT2D eigenvalue weighted by atomic mass is 32.1. The number of rotatable bonds is 35. The van der Waals surface area contributed by atoms with Gasteiger partial charge in [0.1, 0.15) is 23.8 Å². The zero-order valence-electron chi connectivity index (χ0n) is 86.8. The number of H-pyrrole nitrogens is 1. The first kappa shape index (κ1) is 108. The second-order valence-corrected chi connectivity index (χ2v) is 42.4. The molecule has 12 aromatic rings. The fourth-order valence-electron chi connectivity index (χ4n) is 21.7. The smallest absolute Gasteiger partial charge is 0.255 e. The molecule has 784 valence electrons. The second-order valence-electron chi connectivity index (χ2n) is 41.5. The van der Waals surface area contributed by atoms with Crippen LogP contribution < -0.4 is 5.32 Å². The summed E-state index contributed by atoms with van der Waals surface area (Å²) in [5.74, 6) is -1.52. The van der Waals surface area contributed by atoms with Crippen LogP contribution in [0.4, 0.5) is 0 Å². The predicted octanol–water partition coefficient (Wildman–Crippen LogP) is 14.1. The number of aliphatic hydroxyl groups excluding tert-OH is 4. The minimum absolute atomic E-state index is 0.0105. The lowest BCUT2D eigenvalue weighted by Gasteiger charge is -2.35. The minimum atomic E-state index is -0.772. The first-order valence-electron chi connectivity index (χ1n) is 52.1. The molecule has 1 unspecified atom stereocenters. The summed E-state index contributed by atoms with van der Waals surface area (Å²) in [5, 5.41) is 59.6. The van der Waals surface area contributed by atoms with Crippen LogP contribution in [-0.2, 0) is 90.7 Å². The highest BCUT2D eigenvalue weighted by molar-refractivity contribution is 7.13. The Morgan fingerprint density at radius 3 is 1.15 bits per heavy atom. The van der Waals surface area contributed by atoms with Crippen molar-refractivity contribution in [3.63, 3.8) is 0 Å². The number of carbonyl (C=O) groups is 11. The third-order valence-corrected chi connectivity index (χ3v) is 31.0. The number of ketones is 4. The van der Waals surface area contributed by atoms with Gasteiger partial charge in [0, 0.05) is 138 Å². The zero-order chi connectivity index (χ0) is 106. The van der Waals surface area contributed by atoms with E-state index in [1.54, 1.807) is 61.7 Å². The van der Waals surface area contributed by atoms with Gasteiger partial charge in [-0.3, -0.25) is 58.1 Å². The number of thiazole rings is 1. The van der Waals surface area contributed by atoms with Crippen molar-refractivity contribution in [2.75, 3.05) is 26.2 Å². The van der Waals surface area contributed by atoms with Gasteiger partial charge in [-0.25, -0.2) is 9.97 Å². The van der Waals surface area contributed by atoms with E-state index in [4.69, 9.17) is 4.52 Å². The number of fused-ring (bicyclic) bond motifs is 3. The van der Waals surface area contributed by atoms with Gasteiger partial charge < -0.3 is 63.8 Å². The Hall–Kier alpha value is -14.4. The van der Waals surface area contributed by atoms with E-state index < -0.39 is 72.8 Å². The van der Waals surface area contributed by atoms with Crippen molar-refractivity contribution >= 4 is 75.8 Å². The summed E-state index contributed by atoms with van der Waals surface area (Å²) in [6, 6.07) is 58.7. The fourth-order valence-corrected chi connectivity index (χ4v) is 22.5. The molecule has 0 aliphatic carbocycles. The lowest BCUT2D eigenvalue weighted by Crippen LogP contribution is -2.54. The van der Waals surface area contributed by atoms with Gasteiger partial charge in [-0.1, -0.05) is 249 Å². The molecule has 33 heteroatoms. The molecule has 4 saturated heterocycles. The molecule has 7 amide bonds. The molecule has 150 heavy (non-hydrogen) atoms. The maximum Gasteiger partial charge on any atom is 0.255 e. The van der Waals surface area contributed by atoms with Crippen molar-refractivity contribution in [1.82, 2.24) is 79.7 Å². The third-order valence-electron chi connectivity index (χ3n) is 30.1. The molecule has 4 aromatic heterocycles. The maximum absolute atomic E-state index is 13.8. The molecule has 4 fully saturated rings. The van der Waals surface area contributed by atoms with Gasteiger partial charge in [-0.05, 0) is 137 Å². The summed E-state index contributed by atoms with van der Waals surface area (Å²) >= 11 is 1.62. The summed E-state index contributed by atoms with van der Waals surface area (Å²) < 4.78 is 6.73. The van der Waals surface area contributed by atoms with Crippen LogP contribution in [0.2, 0.25) is 0 Å². The third kappa shape index (κ3) is 25.0. The van der Waals surface area contributed by atoms with E-state index in [0.717, 1.165) is 95.1 Å². The number of aromatic amines is 1. The topological polar surface area (TPSA) is 415 Å². The molecule has 19 rings (SSSR count). The monoisotopic (exact) mass is 2050 g/mol. The first-order valence-corrected chi connectivity index (χ1v) is 53.0. The Labute approximate surface area is 878 Å². The average molecular weight is 2050 g/mol. The van der Waals surface area contributed by atoms with Gasteiger partial charge in [0.15, 0.2) is 23.1 Å². The number of nitrogens with zero attached hydrogens (tertiary/aromatic N) is 14. The van der Waals surface area contributed by atoms with E-state index in [-0.39, 0.29) is 159 Å². The van der Waals surface area contributed by atoms with Crippen molar-refractivity contribution < 1.29 is 77.7 Å². The standard InChI is InChI=1S/C31H39N3O3S.C30H34N4O4.C28H31N5O4.C28H30N4O5/c1-5-20(2)29(33-21(3)24-9-7-6-8-10-24)31(37)34-18-26(35)17-27(34)28(36)16-13-23-11-14-25(15-12-23)30-22(4)32-19-38-30;1-19(2)28(34-16-22-6-4-5-7-24(22)29(34)37)30(38)33-17-23(35)14-25(33)27(36)13-10-20-8-11-21(12-9-20)26-15-31-18-32(26)3;1-17(2)26(33-15-20-5-3-4-6-22(20)27(33)36)28(37)32-16-21(34)13-24(32)25(35)12-9-18-7-10-19(11-8-18)23-14-29-31-30-23;1-17(2)25(32-14-20-5-3-4-6-22(20)27(32)35)28(36)31-15-21(33)13-23(31)24(34)12-9-18-7-10-19(11-8-18)26-29-16-37-30-26/h6-12,14-15,19-21,26-27,29,33,35H,5,13,16-18H2,1-4H3;4-9,11-12,15,18-19,23,25,28,35H,10,13-14,16-17H2,1-3H3;3-8,10-11,14,17,21,24,26,34H,9,12-13,15-16H2,1-2H3,(H,29,30,31);3-8,10-11,16-17,21,23,25,33H,9,12-15H2,1-2H3/t20-,21?,26+,27-,29-;23-,25+,28+;21-,24+,26+;21-,23+,25+/m0111/s1. The number of benzene rings is 8. The Balaban J connectivity index is 0.000000142. The van der Waals surface area contributed by atoms with Gasteiger partial charge in [-0.15, -0.1) is 11.3 Å². The van der Waals surface area contributed by atoms with E-state index in [1.165, 1.54) is 21.1 Å². The molecular formula is C117H134N16O16S. The van der Waals surface area contributed by atoms with E-state index >= 15 is 0 Å². The molecule has 0 radical (unpaired) electrons. The first-order chi connectivity index (χ1) is 72.2. The lowest BCUT2D eigenvalue weighted by molar-refractivity contribution is -0.143. The largest absolute Gasteiger partial charge is 0.391 e. The van der Waals surface area contributed by atoms with E-state index in [1.807, 2.05) is 230 Å². The van der Waals surface area contributed by atoms with E-state index in [9.17, 15) is 73.2 Å². The molecule has 0 bridgehead atoms. The summed E-state index contributed by atoms with van der Waals surface area (Å²) in [5.41, 5.74) is 18.3. The molecular weight excluding hydrogens is 1920 g/mol. The van der Waals surface area contributed by atoms with Crippen LogP contribution in [0, 0.1) is 30.6 Å². The number of imidazole rings is 1. The lowest BCUT2D eigenvalue weighted by atomic mass is 9.94. The average Bonchev–Trinajstić information content (AvgIpc) is 1.63. The molecule has 8 aromatic carbocycles. The Kier molecular flexibility index (Phi) is 35.4. The molecule has 11 heterocycles. The Morgan fingerprint density at radius 2 is 0.813 bits per heavy atom. The number of nitrogens with one attached hydrogen (secondary N) is 2. The number of β-amino-alcohol motifs (C(OH)–C–C–N with tert-alkyl or cyclic N) is 4. The zero-order valence-corrected chi connectivity index (χ0v) is 87.6. The fraction of sp³-hybridized carbons (Fsp3) is 0.410. The van der Waals surface area contributed by atoms with Crippen LogP contribution in [0.15, 0.2) is 235 Å². The molecule has 0 spiro atoms. The quantitative estimate of drug-likeness (QED) is 0.0215. The Bertz CT molecular complexity index is 6540. The molecule has 32 nitrogen and oxygen atoms in total. The summed E-state index contributed by atoms with van der Waals surface area (Å²) in [7, 11) is 1.94. The number of hydrogen-bond acceptors (Lipinski definition) is 24. The van der Waals surface area contributed by atoms with Gasteiger partial charge >= 0.3 is 0 Å². The summed E-state index contributed by atoms with van der Waals surface area (Å²) in [4.78, 5) is 173. The van der Waals surface area contributed by atoms with E-state index in [0.29, 0.717) is 80.7 Å². The van der Waals surface area contributed by atoms with Crippen molar-refractivity contribution in [3.8, 4) is 44.3 Å². The summed E-state index contributed by atoms with van der Waals surface area (Å²) in [6.07, 6.45) is 8.58. The van der Waals surface area contributed by atoms with Crippen LogP contribution >= 0.6 is 11.3 Å². The van der Waals surface area contributed by atoms with Crippen LogP contribution in [0.5, 0.6) is 0 Å². The van der Waals surface area contributed by atoms with Crippen molar-refractivity contribution in [2.45, 2.75) is 251 Å². The van der Waals surface area contributed by atoms with Crippen molar-refractivity contribution in [3.05, 3.63) is 298 Å². The maximum atomic E-state index is 13.8. The molecule has 14 atom stereocenters. The van der Waals surface area contributed by atoms with Crippen LogP contribution in [-0.4, -0.2) is 258 Å². The number of likely N-dealkylation sites (tertiary alicyclic amines) is 4. The number of aliphatic hydroxyl groups is 4. The highest BCUT2D eigenvalue weighted by Crippen LogP contribution is 2.38. The predicted molar refractivity (Wildman–Crippen MR) is 566 cm³/mol. The minimum Gasteiger partial charge on any atom is -0.391 e. The highest BCUT2D eigenvalue weighted by Gasteiger charge is 2.51. The van der Waals surface area contributed by atoms with Crippen molar-refractivity contribution in [2.24, 2.45) is 30.7 Å².